The van der Waals surface area contributed by atoms with E-state index in [0.29, 0.717) is 5.56 Å². The maximum absolute atomic E-state index is 13.6. The number of nitrogens with one attached hydrogen (secondary N) is 2. The Morgan fingerprint density at radius 1 is 1.16 bits per heavy atom. The molecule has 4 rings (SSSR count). The highest BCUT2D eigenvalue weighted by molar-refractivity contribution is 9.10. The van der Waals surface area contributed by atoms with Crippen molar-refractivity contribution >= 4 is 27.7 Å². The molecule has 1 unspecified atom stereocenters. The molecule has 6 heteroatoms. The molecule has 0 saturated heterocycles. The Bertz CT molecular complexity index is 1080. The summed E-state index contributed by atoms with van der Waals surface area (Å²) >= 11 is 3.51. The van der Waals surface area contributed by atoms with Gasteiger partial charge in [-0.05, 0) is 56.4 Å². The third kappa shape index (κ3) is 4.08. The van der Waals surface area contributed by atoms with Gasteiger partial charge >= 0.3 is 0 Å². The van der Waals surface area contributed by atoms with E-state index >= 15 is 0 Å². The third-order valence-corrected chi connectivity index (χ3v) is 7.29. The van der Waals surface area contributed by atoms with E-state index in [1.807, 2.05) is 22.9 Å². The van der Waals surface area contributed by atoms with E-state index in [-0.39, 0.29) is 17.5 Å². The van der Waals surface area contributed by atoms with Crippen molar-refractivity contribution < 1.29 is 4.79 Å². The SMILES string of the molecule is CCC(CC)(NC(=O)c1cnn2c1NC(c1ccccc1)CC2(C)C)c1ccc(Br)cc1. The second-order valence-corrected chi connectivity index (χ2v) is 10.1. The van der Waals surface area contributed by atoms with Crippen LogP contribution in [0.15, 0.2) is 65.3 Å². The molecule has 1 amide bonds. The number of carbonyl (C=O) groups excluding carboxylic acids is 1. The number of fused-ring (bicyclic) bond motifs is 1. The van der Waals surface area contributed by atoms with Gasteiger partial charge in [-0.1, -0.05) is 72.2 Å². The molecule has 0 saturated carbocycles. The molecule has 0 aliphatic carbocycles. The lowest BCUT2D eigenvalue weighted by Crippen LogP contribution is -2.45. The van der Waals surface area contributed by atoms with E-state index < -0.39 is 5.54 Å². The highest BCUT2D eigenvalue weighted by Crippen LogP contribution is 2.40. The number of hydrogen-bond donors (Lipinski definition) is 2. The molecule has 5 nitrogen and oxygen atoms in total. The van der Waals surface area contributed by atoms with Crippen LogP contribution in [-0.4, -0.2) is 15.7 Å². The van der Waals surface area contributed by atoms with Gasteiger partial charge in [0.1, 0.15) is 11.4 Å². The highest BCUT2D eigenvalue weighted by atomic mass is 79.9. The molecule has 2 heterocycles. The monoisotopic (exact) mass is 494 g/mol. The number of benzene rings is 2. The van der Waals surface area contributed by atoms with Crippen LogP contribution >= 0.6 is 15.9 Å². The van der Waals surface area contributed by atoms with Crippen LogP contribution in [0.3, 0.4) is 0 Å². The van der Waals surface area contributed by atoms with Gasteiger partial charge < -0.3 is 10.6 Å². The molecular weight excluding hydrogens is 464 g/mol. The van der Waals surface area contributed by atoms with Crippen LogP contribution in [0.2, 0.25) is 0 Å². The van der Waals surface area contributed by atoms with Gasteiger partial charge in [0, 0.05) is 4.47 Å². The maximum atomic E-state index is 13.6. The number of hydrogen-bond acceptors (Lipinski definition) is 3. The Hall–Kier alpha value is -2.60. The van der Waals surface area contributed by atoms with Crippen molar-refractivity contribution in [3.63, 3.8) is 0 Å². The van der Waals surface area contributed by atoms with E-state index in [2.05, 4.69) is 95.8 Å². The third-order valence-electron chi connectivity index (χ3n) is 6.76. The van der Waals surface area contributed by atoms with E-state index in [9.17, 15) is 4.79 Å². The van der Waals surface area contributed by atoms with Crippen LogP contribution in [0.4, 0.5) is 5.82 Å². The molecule has 168 valence electrons. The molecule has 1 atom stereocenters. The van der Waals surface area contributed by atoms with Crippen molar-refractivity contribution in [1.29, 1.82) is 0 Å². The number of carbonyl (C=O) groups is 1. The van der Waals surface area contributed by atoms with Crippen molar-refractivity contribution in [2.24, 2.45) is 0 Å². The molecule has 0 bridgehead atoms. The fraction of sp³-hybridized carbons (Fsp3) is 0.385. The van der Waals surface area contributed by atoms with Gasteiger partial charge in [-0.2, -0.15) is 5.10 Å². The van der Waals surface area contributed by atoms with Crippen molar-refractivity contribution in [3.05, 3.63) is 82.0 Å². The van der Waals surface area contributed by atoms with Crippen LogP contribution in [0.1, 0.15) is 74.5 Å². The van der Waals surface area contributed by atoms with Crippen molar-refractivity contribution in [1.82, 2.24) is 15.1 Å². The molecule has 2 aromatic carbocycles. The Morgan fingerprint density at radius 2 is 1.81 bits per heavy atom. The van der Waals surface area contributed by atoms with Crippen molar-refractivity contribution in [2.45, 2.75) is 64.1 Å². The van der Waals surface area contributed by atoms with Gasteiger partial charge in [0.2, 0.25) is 0 Å². The minimum absolute atomic E-state index is 0.102. The van der Waals surface area contributed by atoms with E-state index in [1.54, 1.807) is 6.20 Å². The first-order chi connectivity index (χ1) is 15.3. The lowest BCUT2D eigenvalue weighted by Gasteiger charge is -2.38. The molecule has 0 radical (unpaired) electrons. The second-order valence-electron chi connectivity index (χ2n) is 9.19. The topological polar surface area (TPSA) is 59.0 Å². The molecule has 2 N–H and O–H groups in total. The summed E-state index contributed by atoms with van der Waals surface area (Å²) in [5.74, 6) is 0.680. The van der Waals surface area contributed by atoms with Gasteiger partial charge in [-0.3, -0.25) is 4.79 Å². The van der Waals surface area contributed by atoms with Crippen LogP contribution in [0.25, 0.3) is 0 Å². The summed E-state index contributed by atoms with van der Waals surface area (Å²) in [5, 5.41) is 11.6. The first-order valence-electron chi connectivity index (χ1n) is 11.3. The summed E-state index contributed by atoms with van der Waals surface area (Å²) in [5.41, 5.74) is 2.26. The van der Waals surface area contributed by atoms with Crippen molar-refractivity contribution in [2.75, 3.05) is 5.32 Å². The van der Waals surface area contributed by atoms with E-state index in [0.717, 1.165) is 35.1 Å². The summed E-state index contributed by atoms with van der Waals surface area (Å²) in [6.07, 6.45) is 4.18. The summed E-state index contributed by atoms with van der Waals surface area (Å²) in [7, 11) is 0. The summed E-state index contributed by atoms with van der Waals surface area (Å²) < 4.78 is 2.98. The van der Waals surface area contributed by atoms with E-state index in [1.165, 1.54) is 5.56 Å². The van der Waals surface area contributed by atoms with Crippen LogP contribution in [-0.2, 0) is 11.1 Å². The van der Waals surface area contributed by atoms with Crippen molar-refractivity contribution in [3.8, 4) is 0 Å². The predicted molar refractivity (Wildman–Crippen MR) is 133 cm³/mol. The zero-order valence-corrected chi connectivity index (χ0v) is 20.7. The summed E-state index contributed by atoms with van der Waals surface area (Å²) in [4.78, 5) is 13.6. The number of halogens is 1. The minimum atomic E-state index is -0.435. The number of anilines is 1. The first kappa shape index (κ1) is 22.6. The molecule has 1 aromatic heterocycles. The van der Waals surface area contributed by atoms with Gasteiger partial charge in [0.15, 0.2) is 0 Å². The van der Waals surface area contributed by atoms with Gasteiger partial charge in [0.05, 0.1) is 23.3 Å². The number of rotatable bonds is 6. The van der Waals surface area contributed by atoms with E-state index in [4.69, 9.17) is 0 Å². The fourth-order valence-electron chi connectivity index (χ4n) is 4.76. The standard InChI is InChI=1S/C26H31BrN4O/c1-5-26(6-2,19-12-14-20(27)15-13-19)30-24(32)21-17-28-31-23(21)29-22(16-25(31,3)4)18-10-8-7-9-11-18/h7-15,17,22,29H,5-6,16H2,1-4H3,(H,30,32). The summed E-state index contributed by atoms with van der Waals surface area (Å²) in [6.45, 7) is 8.58. The molecular formula is C26H31BrN4O. The average Bonchev–Trinajstić information content (AvgIpc) is 3.24. The smallest absolute Gasteiger partial charge is 0.257 e. The molecule has 1 aliphatic heterocycles. The molecule has 32 heavy (non-hydrogen) atoms. The average molecular weight is 495 g/mol. The Morgan fingerprint density at radius 3 is 2.44 bits per heavy atom. The Balaban J connectivity index is 1.67. The zero-order chi connectivity index (χ0) is 22.9. The normalized spacial score (nSPS) is 17.3. The minimum Gasteiger partial charge on any atom is -0.363 e. The Labute approximate surface area is 198 Å². The molecule has 3 aromatic rings. The molecule has 0 spiro atoms. The van der Waals surface area contributed by atoms with Gasteiger partial charge in [-0.25, -0.2) is 4.68 Å². The first-order valence-corrected chi connectivity index (χ1v) is 12.1. The lowest BCUT2D eigenvalue weighted by molar-refractivity contribution is 0.0890. The predicted octanol–water partition coefficient (Wildman–Crippen LogP) is 6.38. The summed E-state index contributed by atoms with van der Waals surface area (Å²) in [6, 6.07) is 18.7. The van der Waals surface area contributed by atoms with Crippen LogP contribution in [0, 0.1) is 0 Å². The zero-order valence-electron chi connectivity index (χ0n) is 19.2. The van der Waals surface area contributed by atoms with Crippen LogP contribution < -0.4 is 10.6 Å². The largest absolute Gasteiger partial charge is 0.363 e. The number of nitrogens with zero attached hydrogens (tertiary/aromatic N) is 2. The molecule has 0 fully saturated rings. The maximum Gasteiger partial charge on any atom is 0.257 e. The van der Waals surface area contributed by atoms with Gasteiger partial charge in [-0.15, -0.1) is 0 Å². The number of aromatic nitrogens is 2. The number of amides is 1. The fourth-order valence-corrected chi connectivity index (χ4v) is 5.03. The van der Waals surface area contributed by atoms with Crippen LogP contribution in [0.5, 0.6) is 0 Å². The second kappa shape index (κ2) is 8.74. The quantitative estimate of drug-likeness (QED) is 0.417. The lowest BCUT2D eigenvalue weighted by atomic mass is 9.84. The Kier molecular flexibility index (Phi) is 6.17. The molecule has 1 aliphatic rings. The highest BCUT2D eigenvalue weighted by Gasteiger charge is 2.38. The van der Waals surface area contributed by atoms with Gasteiger partial charge in [0.25, 0.3) is 5.91 Å².